The van der Waals surface area contributed by atoms with Gasteiger partial charge >= 0.3 is 12.1 Å². The molecule has 0 saturated carbocycles. The number of carboxylic acid groups (broad SMARTS) is 1. The van der Waals surface area contributed by atoms with E-state index in [9.17, 15) is 19.5 Å². The smallest absolute Gasteiger partial charge is 0.407 e. The lowest BCUT2D eigenvalue weighted by molar-refractivity contribution is -0.151. The number of hydrogen-bond donors (Lipinski definition) is 2. The molecule has 35 heavy (non-hydrogen) atoms. The summed E-state index contributed by atoms with van der Waals surface area (Å²) in [5.74, 6) is -1.23. The first kappa shape index (κ1) is 24.7. The first-order valence-electron chi connectivity index (χ1n) is 11.8. The number of carbonyl (C=O) groups is 3. The molecule has 1 aliphatic carbocycles. The highest BCUT2D eigenvalue weighted by molar-refractivity contribution is 5.82. The monoisotopic (exact) mass is 480 g/mol. The molecule has 1 saturated heterocycles. The third kappa shape index (κ3) is 5.03. The van der Waals surface area contributed by atoms with Crippen molar-refractivity contribution in [2.45, 2.75) is 38.1 Å². The summed E-state index contributed by atoms with van der Waals surface area (Å²) in [6, 6.07) is 16.2. The second-order valence-corrected chi connectivity index (χ2v) is 10.1. The topological polar surface area (TPSA) is 105 Å². The van der Waals surface area contributed by atoms with Gasteiger partial charge in [0.05, 0.1) is 6.61 Å². The maximum atomic E-state index is 12.9. The summed E-state index contributed by atoms with van der Waals surface area (Å²) in [7, 11) is 1.45. The van der Waals surface area contributed by atoms with Crippen LogP contribution in [0.4, 0.5) is 4.79 Å². The van der Waals surface area contributed by atoms with Gasteiger partial charge in [-0.1, -0.05) is 48.5 Å². The van der Waals surface area contributed by atoms with E-state index in [0.717, 1.165) is 22.3 Å². The minimum Gasteiger partial charge on any atom is -0.481 e. The molecular formula is C27H32N2O6. The van der Waals surface area contributed by atoms with Crippen molar-refractivity contribution in [3.05, 3.63) is 59.7 Å². The number of carboxylic acids is 1. The highest BCUT2D eigenvalue weighted by Crippen LogP contribution is 2.44. The number of amides is 2. The first-order valence-corrected chi connectivity index (χ1v) is 11.8. The van der Waals surface area contributed by atoms with E-state index < -0.39 is 23.0 Å². The summed E-state index contributed by atoms with van der Waals surface area (Å²) in [4.78, 5) is 38.9. The Bertz CT molecular complexity index is 1080. The van der Waals surface area contributed by atoms with Crippen LogP contribution in [0.25, 0.3) is 11.1 Å². The Morgan fingerprint density at radius 1 is 1.09 bits per heavy atom. The molecule has 0 spiro atoms. The number of hydrogen-bond acceptors (Lipinski definition) is 5. The number of fused-ring (bicyclic) bond motifs is 3. The Kier molecular flexibility index (Phi) is 6.85. The Labute approximate surface area is 205 Å². The van der Waals surface area contributed by atoms with E-state index in [1.165, 1.54) is 12.0 Å². The van der Waals surface area contributed by atoms with Crippen LogP contribution in [0, 0.1) is 5.41 Å². The fourth-order valence-corrected chi connectivity index (χ4v) is 5.16. The van der Waals surface area contributed by atoms with Crippen LogP contribution >= 0.6 is 0 Å². The predicted octanol–water partition coefficient (Wildman–Crippen LogP) is 3.64. The van der Waals surface area contributed by atoms with E-state index >= 15 is 0 Å². The standard InChI is InChI=1S/C27H32N2O6/c1-26(2,14-23(30)29-13-12-27(16-29,17-34-3)24(31)32)28-25(33)35-15-22-20-10-6-4-8-18(20)19-9-5-7-11-21(19)22/h4-11,22H,12-17H2,1-3H3,(H,28,33)(H,31,32). The summed E-state index contributed by atoms with van der Waals surface area (Å²) in [6.07, 6.45) is -0.229. The van der Waals surface area contributed by atoms with Crippen molar-refractivity contribution in [2.24, 2.45) is 5.41 Å². The second-order valence-electron chi connectivity index (χ2n) is 10.1. The van der Waals surface area contributed by atoms with E-state index in [2.05, 4.69) is 29.6 Å². The SMILES string of the molecule is COCC1(C(=O)O)CCN(C(=O)CC(C)(C)NC(=O)OCC2c3ccccc3-c3ccccc32)C1. The van der Waals surface area contributed by atoms with Crippen molar-refractivity contribution >= 4 is 18.0 Å². The Morgan fingerprint density at radius 3 is 2.26 bits per heavy atom. The molecule has 1 heterocycles. The molecule has 2 aromatic rings. The highest BCUT2D eigenvalue weighted by Gasteiger charge is 2.47. The molecule has 8 heteroatoms. The van der Waals surface area contributed by atoms with Crippen LogP contribution in [0.3, 0.4) is 0 Å². The van der Waals surface area contributed by atoms with Gasteiger partial charge in [0.25, 0.3) is 0 Å². The second kappa shape index (κ2) is 9.70. The largest absolute Gasteiger partial charge is 0.481 e. The fraction of sp³-hybridized carbons (Fsp3) is 0.444. The number of ether oxygens (including phenoxy) is 2. The van der Waals surface area contributed by atoms with E-state index in [-0.39, 0.29) is 38.0 Å². The van der Waals surface area contributed by atoms with Gasteiger partial charge in [-0.25, -0.2) is 4.79 Å². The maximum absolute atomic E-state index is 12.9. The lowest BCUT2D eigenvalue weighted by atomic mass is 9.88. The zero-order valence-corrected chi connectivity index (χ0v) is 20.4. The van der Waals surface area contributed by atoms with Crippen molar-refractivity contribution in [2.75, 3.05) is 33.4 Å². The maximum Gasteiger partial charge on any atom is 0.407 e. The van der Waals surface area contributed by atoms with Gasteiger partial charge in [0.1, 0.15) is 12.0 Å². The number of methoxy groups -OCH3 is 1. The number of nitrogens with one attached hydrogen (secondary N) is 1. The minimum absolute atomic E-state index is 0.0277. The molecule has 2 N–H and O–H groups in total. The van der Waals surface area contributed by atoms with Gasteiger partial charge < -0.3 is 24.8 Å². The van der Waals surface area contributed by atoms with Gasteiger partial charge in [-0.3, -0.25) is 9.59 Å². The summed E-state index contributed by atoms with van der Waals surface area (Å²) >= 11 is 0. The lowest BCUT2D eigenvalue weighted by Crippen LogP contribution is -2.48. The van der Waals surface area contributed by atoms with Crippen LogP contribution < -0.4 is 5.32 Å². The molecule has 1 aliphatic heterocycles. The van der Waals surface area contributed by atoms with E-state index in [1.807, 2.05) is 24.3 Å². The summed E-state index contributed by atoms with van der Waals surface area (Å²) in [5, 5.41) is 12.4. The molecule has 1 fully saturated rings. The number of aliphatic carboxylic acids is 1. The van der Waals surface area contributed by atoms with Crippen molar-refractivity contribution in [1.29, 1.82) is 0 Å². The van der Waals surface area contributed by atoms with Gasteiger partial charge in [0.15, 0.2) is 0 Å². The van der Waals surface area contributed by atoms with E-state index in [4.69, 9.17) is 9.47 Å². The van der Waals surface area contributed by atoms with Crippen LogP contribution in [0.2, 0.25) is 0 Å². The molecule has 0 aromatic heterocycles. The third-order valence-corrected chi connectivity index (χ3v) is 6.96. The van der Waals surface area contributed by atoms with Crippen LogP contribution in [0.5, 0.6) is 0 Å². The van der Waals surface area contributed by atoms with Crippen molar-refractivity contribution < 1.29 is 29.0 Å². The van der Waals surface area contributed by atoms with Crippen molar-refractivity contribution in [3.63, 3.8) is 0 Å². The number of benzene rings is 2. The fourth-order valence-electron chi connectivity index (χ4n) is 5.16. The number of rotatable bonds is 8. The number of alkyl carbamates (subject to hydrolysis) is 1. The zero-order chi connectivity index (χ0) is 25.2. The molecule has 2 amide bonds. The highest BCUT2D eigenvalue weighted by atomic mass is 16.5. The van der Waals surface area contributed by atoms with E-state index in [0.29, 0.717) is 13.0 Å². The predicted molar refractivity (Wildman–Crippen MR) is 130 cm³/mol. The molecule has 186 valence electrons. The molecule has 2 aromatic carbocycles. The van der Waals surface area contributed by atoms with Crippen molar-refractivity contribution in [1.82, 2.24) is 10.2 Å². The normalized spacial score (nSPS) is 19.2. The number of carbonyl (C=O) groups excluding carboxylic acids is 2. The molecular weight excluding hydrogens is 448 g/mol. The van der Waals surface area contributed by atoms with Gasteiger partial charge in [-0.05, 0) is 42.5 Å². The molecule has 1 atom stereocenters. The summed E-state index contributed by atoms with van der Waals surface area (Å²) in [6.45, 7) is 4.18. The quantitative estimate of drug-likeness (QED) is 0.598. The Hall–Kier alpha value is -3.39. The van der Waals surface area contributed by atoms with Crippen molar-refractivity contribution in [3.8, 4) is 11.1 Å². The van der Waals surface area contributed by atoms with Crippen LogP contribution in [0.1, 0.15) is 43.7 Å². The van der Waals surface area contributed by atoms with Crippen LogP contribution in [-0.2, 0) is 19.1 Å². The third-order valence-electron chi connectivity index (χ3n) is 6.96. The van der Waals surface area contributed by atoms with Gasteiger partial charge in [0.2, 0.25) is 5.91 Å². The van der Waals surface area contributed by atoms with Gasteiger partial charge in [0, 0.05) is 38.1 Å². The van der Waals surface area contributed by atoms with Gasteiger partial charge in [-0.15, -0.1) is 0 Å². The average Bonchev–Trinajstić information content (AvgIpc) is 3.38. The molecule has 1 unspecified atom stereocenters. The lowest BCUT2D eigenvalue weighted by Gasteiger charge is -2.29. The number of likely N-dealkylation sites (tertiary alicyclic amines) is 1. The first-order chi connectivity index (χ1) is 16.7. The summed E-state index contributed by atoms with van der Waals surface area (Å²) < 4.78 is 10.7. The van der Waals surface area contributed by atoms with Gasteiger partial charge in [-0.2, -0.15) is 0 Å². The van der Waals surface area contributed by atoms with E-state index in [1.54, 1.807) is 13.8 Å². The van der Waals surface area contributed by atoms with Crippen LogP contribution in [0.15, 0.2) is 48.5 Å². The zero-order valence-electron chi connectivity index (χ0n) is 20.4. The molecule has 0 radical (unpaired) electrons. The Morgan fingerprint density at radius 2 is 1.69 bits per heavy atom. The minimum atomic E-state index is -1.09. The molecule has 0 bridgehead atoms. The Balaban J connectivity index is 1.34. The average molecular weight is 481 g/mol. The summed E-state index contributed by atoms with van der Waals surface area (Å²) in [5.41, 5.74) is 2.61. The molecule has 2 aliphatic rings. The molecule has 8 nitrogen and oxygen atoms in total. The van der Waals surface area contributed by atoms with Crippen LogP contribution in [-0.4, -0.2) is 66.9 Å². The number of nitrogens with zero attached hydrogens (tertiary/aromatic N) is 1. The molecule has 4 rings (SSSR count).